The molecule has 22 heavy (non-hydrogen) atoms. The fraction of sp³-hybridized carbons (Fsp3) is 0.400. The number of nitrogens with zero attached hydrogens (tertiary/aromatic N) is 4. The summed E-state index contributed by atoms with van der Waals surface area (Å²) >= 11 is 24.8. The minimum Gasteiger partial charge on any atom is -0.316 e. The van der Waals surface area contributed by atoms with Gasteiger partial charge in [0.1, 0.15) is 0 Å². The number of hydrogen-bond acceptors (Lipinski definition) is 5. The first-order valence-corrected chi connectivity index (χ1v) is 15.0. The summed E-state index contributed by atoms with van der Waals surface area (Å²) in [6.45, 7) is 1.94. The number of rotatable bonds is 2. The summed E-state index contributed by atoms with van der Waals surface area (Å²) in [4.78, 5) is 0. The zero-order chi connectivity index (χ0) is 15.8. The van der Waals surface area contributed by atoms with Gasteiger partial charge in [0.2, 0.25) is 0 Å². The van der Waals surface area contributed by atoms with E-state index >= 15 is 0 Å². The van der Waals surface area contributed by atoms with Gasteiger partial charge >= 0.3 is 0 Å². The predicted octanol–water partition coefficient (Wildman–Crippen LogP) is 7.72. The van der Waals surface area contributed by atoms with Gasteiger partial charge in [-0.3, -0.25) is 0 Å². The van der Waals surface area contributed by atoms with Gasteiger partial charge in [0.25, 0.3) is 19.4 Å². The van der Waals surface area contributed by atoms with Gasteiger partial charge in [-0.2, -0.15) is 13.5 Å². The first-order chi connectivity index (χ1) is 10.3. The zero-order valence-corrected chi connectivity index (χ0v) is 17.0. The SMILES string of the molecule is ClP1(Cl)=NP(Cl)(Cl)=NP2(=N1)OCCCN2Cc1ccccc1. The molecule has 0 aliphatic carbocycles. The highest BCUT2D eigenvalue weighted by atomic mass is 35.9. The topological polar surface area (TPSA) is 49.6 Å². The molecule has 2 aliphatic rings. The Bertz CT molecular complexity index is 721. The second kappa shape index (κ2) is 6.71. The summed E-state index contributed by atoms with van der Waals surface area (Å²) in [5, 5.41) is 0. The Morgan fingerprint density at radius 1 is 1.00 bits per heavy atom. The largest absolute Gasteiger partial charge is 0.316 e. The lowest BCUT2D eigenvalue weighted by Gasteiger charge is -2.38. The molecule has 2 aliphatic heterocycles. The quantitative estimate of drug-likeness (QED) is 0.443. The van der Waals surface area contributed by atoms with Gasteiger partial charge < -0.3 is 4.52 Å². The highest BCUT2D eigenvalue weighted by molar-refractivity contribution is 8.20. The molecule has 122 valence electrons. The Hall–Kier alpha value is 0.990. The van der Waals surface area contributed by atoms with E-state index in [4.69, 9.17) is 49.5 Å². The molecule has 5 nitrogen and oxygen atoms in total. The van der Waals surface area contributed by atoms with Crippen LogP contribution in [0.15, 0.2) is 43.9 Å². The van der Waals surface area contributed by atoms with E-state index in [1.807, 2.05) is 30.3 Å². The summed E-state index contributed by atoms with van der Waals surface area (Å²) in [5.41, 5.74) is 1.13. The van der Waals surface area contributed by atoms with Crippen LogP contribution in [0.2, 0.25) is 0 Å². The molecule has 1 unspecified atom stereocenters. The highest BCUT2D eigenvalue weighted by Crippen LogP contribution is 2.86. The van der Waals surface area contributed by atoms with E-state index in [2.05, 4.69) is 18.2 Å². The molecule has 1 saturated heterocycles. The zero-order valence-electron chi connectivity index (χ0n) is 11.3. The molecule has 3 rings (SSSR count). The molecule has 1 spiro atoms. The molecule has 0 saturated carbocycles. The Balaban J connectivity index is 2.05. The Morgan fingerprint density at radius 3 is 2.36 bits per heavy atom. The number of benzene rings is 1. The van der Waals surface area contributed by atoms with Crippen LogP contribution in [0.4, 0.5) is 0 Å². The van der Waals surface area contributed by atoms with Crippen LogP contribution >= 0.6 is 64.4 Å². The Kier molecular flexibility index (Phi) is 5.43. The van der Waals surface area contributed by atoms with Crippen LogP contribution in [0.5, 0.6) is 0 Å². The van der Waals surface area contributed by atoms with E-state index in [1.54, 1.807) is 0 Å². The lowest BCUT2D eigenvalue weighted by atomic mass is 10.2. The van der Waals surface area contributed by atoms with Crippen molar-refractivity contribution in [3.63, 3.8) is 0 Å². The van der Waals surface area contributed by atoms with Crippen molar-refractivity contribution >= 4 is 64.4 Å². The van der Waals surface area contributed by atoms with E-state index in [-0.39, 0.29) is 0 Å². The molecule has 1 aromatic carbocycles. The lowest BCUT2D eigenvalue weighted by Crippen LogP contribution is -2.27. The van der Waals surface area contributed by atoms with Crippen molar-refractivity contribution in [2.75, 3.05) is 13.2 Å². The maximum Gasteiger partial charge on any atom is 0.282 e. The van der Waals surface area contributed by atoms with Crippen molar-refractivity contribution < 1.29 is 4.52 Å². The Morgan fingerprint density at radius 2 is 1.68 bits per heavy atom. The predicted molar refractivity (Wildman–Crippen MR) is 98.9 cm³/mol. The van der Waals surface area contributed by atoms with Gasteiger partial charge in [-0.1, -0.05) is 30.3 Å². The molecule has 1 atom stereocenters. The fourth-order valence-corrected chi connectivity index (χ4v) is 17.5. The van der Waals surface area contributed by atoms with Crippen molar-refractivity contribution in [3.05, 3.63) is 35.9 Å². The maximum atomic E-state index is 6.21. The van der Waals surface area contributed by atoms with Gasteiger partial charge in [0.15, 0.2) is 0 Å². The summed E-state index contributed by atoms with van der Waals surface area (Å²) < 4.78 is 20.9. The van der Waals surface area contributed by atoms with Crippen molar-refractivity contribution in [3.8, 4) is 0 Å². The molecule has 2 heterocycles. The molecule has 1 aromatic rings. The normalized spacial score (nSPS) is 30.2. The summed E-state index contributed by atoms with van der Waals surface area (Å²) in [7, 11) is -2.74. The number of hydrogen-bond donors (Lipinski definition) is 0. The average molecular weight is 440 g/mol. The monoisotopic (exact) mass is 438 g/mol. The third kappa shape index (κ3) is 4.14. The van der Waals surface area contributed by atoms with Gasteiger partial charge in [-0.05, 0) is 56.9 Å². The third-order valence-electron chi connectivity index (χ3n) is 3.06. The summed E-state index contributed by atoms with van der Waals surface area (Å²) in [6, 6.07) is 10.0. The first kappa shape index (κ1) is 17.8. The molecular weight excluding hydrogens is 427 g/mol. The van der Waals surface area contributed by atoms with E-state index in [0.717, 1.165) is 18.5 Å². The summed E-state index contributed by atoms with van der Waals surface area (Å²) in [5.74, 6) is -5.93. The second-order valence-corrected chi connectivity index (χ2v) is 17.3. The van der Waals surface area contributed by atoms with E-state index in [0.29, 0.717) is 13.2 Å². The standard InChI is InChI=1S/C10H13Cl4N4OP3/c11-20(12)15-21(13,14)17-22(16-20)18(7-4-8-19-22)9-10-5-2-1-3-6-10/h1-3,5-6H,4,7-9H2. The summed E-state index contributed by atoms with van der Waals surface area (Å²) in [6.07, 6.45) is 0.878. The molecule has 0 bridgehead atoms. The van der Waals surface area contributed by atoms with Crippen LogP contribution < -0.4 is 0 Å². The van der Waals surface area contributed by atoms with Crippen LogP contribution in [0.3, 0.4) is 0 Å². The van der Waals surface area contributed by atoms with Crippen LogP contribution in [0.25, 0.3) is 0 Å². The van der Waals surface area contributed by atoms with Crippen LogP contribution in [0, 0.1) is 0 Å². The second-order valence-electron chi connectivity index (χ2n) is 4.75. The van der Waals surface area contributed by atoms with Crippen molar-refractivity contribution in [1.29, 1.82) is 0 Å². The third-order valence-corrected chi connectivity index (χ3v) is 14.8. The van der Waals surface area contributed by atoms with Crippen LogP contribution in [0.1, 0.15) is 12.0 Å². The molecule has 0 N–H and O–H groups in total. The van der Waals surface area contributed by atoms with Crippen molar-refractivity contribution in [1.82, 2.24) is 4.67 Å². The molecule has 0 radical (unpaired) electrons. The first-order valence-electron chi connectivity index (χ1n) is 6.44. The molecule has 0 amide bonds. The maximum absolute atomic E-state index is 6.21. The minimum atomic E-state index is -2.97. The van der Waals surface area contributed by atoms with Gasteiger partial charge in [0.05, 0.1) is 6.61 Å². The Labute approximate surface area is 148 Å². The van der Waals surface area contributed by atoms with Gasteiger partial charge in [-0.15, -0.1) is 0 Å². The minimum absolute atomic E-state index is 0.535. The van der Waals surface area contributed by atoms with E-state index < -0.39 is 19.4 Å². The molecule has 0 aromatic heterocycles. The highest BCUT2D eigenvalue weighted by Gasteiger charge is 2.40. The molecule has 12 heteroatoms. The van der Waals surface area contributed by atoms with E-state index in [1.165, 1.54) is 0 Å². The van der Waals surface area contributed by atoms with Crippen molar-refractivity contribution in [2.45, 2.75) is 13.0 Å². The molecule has 1 fully saturated rings. The van der Waals surface area contributed by atoms with E-state index in [9.17, 15) is 0 Å². The van der Waals surface area contributed by atoms with Gasteiger partial charge in [-0.25, -0.2) is 4.67 Å². The van der Waals surface area contributed by atoms with Gasteiger partial charge in [0, 0.05) is 13.1 Å². The van der Waals surface area contributed by atoms with Crippen LogP contribution in [-0.2, 0) is 11.1 Å². The fourth-order valence-electron chi connectivity index (χ4n) is 2.24. The average Bonchev–Trinajstić information content (AvgIpc) is 2.39. The lowest BCUT2D eigenvalue weighted by molar-refractivity contribution is 0.233. The van der Waals surface area contributed by atoms with Crippen LogP contribution in [-0.4, -0.2) is 17.8 Å². The number of halogens is 4. The smallest absolute Gasteiger partial charge is 0.282 e. The molecular formula is C10H13Cl4N4OP3. The van der Waals surface area contributed by atoms with Crippen molar-refractivity contribution in [2.24, 2.45) is 13.5 Å².